The largest absolute Gasteiger partial charge is 0.485 e. The number of imidazole rings is 1. The zero-order valence-corrected chi connectivity index (χ0v) is 19.2. The van der Waals surface area contributed by atoms with E-state index in [0.717, 1.165) is 16.8 Å². The number of halogens is 5. The van der Waals surface area contributed by atoms with Gasteiger partial charge in [0.25, 0.3) is 0 Å². The number of aromatic nitrogens is 4. The maximum absolute atomic E-state index is 14.0. The number of hydrogen-bond acceptors (Lipinski definition) is 5. The summed E-state index contributed by atoms with van der Waals surface area (Å²) in [6.07, 6.45) is -3.91. The zero-order valence-electron chi connectivity index (χ0n) is 19.2. The van der Waals surface area contributed by atoms with Crippen molar-refractivity contribution in [3.8, 4) is 5.75 Å². The van der Waals surface area contributed by atoms with Gasteiger partial charge in [-0.1, -0.05) is 6.07 Å². The van der Waals surface area contributed by atoms with E-state index in [0.29, 0.717) is 0 Å². The van der Waals surface area contributed by atoms with Gasteiger partial charge in [-0.25, -0.2) is 13.8 Å². The molecule has 12 heteroatoms. The number of ether oxygens (including phenoxy) is 1. The smallest absolute Gasteiger partial charge is 0.435 e. The molecule has 3 aromatic heterocycles. The first-order chi connectivity index (χ1) is 17.0. The van der Waals surface area contributed by atoms with Crippen molar-refractivity contribution >= 4 is 11.4 Å². The number of ketones is 1. The molecule has 36 heavy (non-hydrogen) atoms. The molecular weight excluding hydrogens is 487 g/mol. The van der Waals surface area contributed by atoms with Crippen LogP contribution in [0.5, 0.6) is 5.75 Å². The summed E-state index contributed by atoms with van der Waals surface area (Å²) in [4.78, 5) is 17.5. The molecule has 7 nitrogen and oxygen atoms in total. The van der Waals surface area contributed by atoms with Crippen LogP contribution in [0.25, 0.3) is 5.65 Å². The summed E-state index contributed by atoms with van der Waals surface area (Å²) < 4.78 is 76.7. The summed E-state index contributed by atoms with van der Waals surface area (Å²) in [5.41, 5.74) is -1.21. The van der Waals surface area contributed by atoms with Gasteiger partial charge in [0.2, 0.25) is 0 Å². The van der Waals surface area contributed by atoms with E-state index in [4.69, 9.17) is 9.84 Å². The van der Waals surface area contributed by atoms with Crippen LogP contribution >= 0.6 is 0 Å². The van der Waals surface area contributed by atoms with E-state index in [1.165, 1.54) is 42.6 Å². The summed E-state index contributed by atoms with van der Waals surface area (Å²) in [5.74, 6) is -2.08. The third-order valence-corrected chi connectivity index (χ3v) is 5.73. The number of fused-ring (bicyclic) bond motifs is 1. The van der Waals surface area contributed by atoms with Crippen LogP contribution in [-0.2, 0) is 25.7 Å². The monoisotopic (exact) mass is 508 g/mol. The van der Waals surface area contributed by atoms with Gasteiger partial charge in [-0.2, -0.15) is 18.3 Å². The fourth-order valence-corrected chi connectivity index (χ4v) is 4.00. The minimum atomic E-state index is -4.79. The molecule has 0 amide bonds. The average Bonchev–Trinajstić information content (AvgIpc) is 3.30. The number of carbonyl (C=O) groups excluding carboxylic acids is 1. The highest BCUT2D eigenvalue weighted by molar-refractivity contribution is 5.98. The van der Waals surface area contributed by atoms with Crippen molar-refractivity contribution in [3.05, 3.63) is 82.1 Å². The molecule has 0 aliphatic heterocycles. The van der Waals surface area contributed by atoms with Crippen LogP contribution in [0.2, 0.25) is 0 Å². The van der Waals surface area contributed by atoms with Gasteiger partial charge in [0, 0.05) is 23.9 Å². The Morgan fingerprint density at radius 2 is 1.78 bits per heavy atom. The Kier molecular flexibility index (Phi) is 6.81. The van der Waals surface area contributed by atoms with Crippen LogP contribution < -0.4 is 4.74 Å². The molecule has 0 bridgehead atoms. The first-order valence-electron chi connectivity index (χ1n) is 10.8. The first-order valence-corrected chi connectivity index (χ1v) is 10.8. The van der Waals surface area contributed by atoms with E-state index in [1.54, 1.807) is 0 Å². The zero-order chi connectivity index (χ0) is 26.2. The second kappa shape index (κ2) is 9.69. The normalized spacial score (nSPS) is 11.9. The number of hydrogen-bond donors (Lipinski definition) is 1. The third-order valence-electron chi connectivity index (χ3n) is 5.73. The Labute approximate surface area is 201 Å². The molecule has 4 rings (SSSR count). The summed E-state index contributed by atoms with van der Waals surface area (Å²) in [6.45, 7) is 1.91. The van der Waals surface area contributed by atoms with Crippen LogP contribution in [0.4, 0.5) is 22.0 Å². The summed E-state index contributed by atoms with van der Waals surface area (Å²) in [6, 6.07) is 6.44. The van der Waals surface area contributed by atoms with Crippen LogP contribution in [0, 0.1) is 25.5 Å². The lowest BCUT2D eigenvalue weighted by molar-refractivity contribution is -0.142. The van der Waals surface area contributed by atoms with Crippen LogP contribution in [0.15, 0.2) is 36.5 Å². The van der Waals surface area contributed by atoms with Gasteiger partial charge in [-0.3, -0.25) is 13.9 Å². The fourth-order valence-electron chi connectivity index (χ4n) is 4.00. The maximum Gasteiger partial charge on any atom is 0.435 e. The molecule has 1 aromatic carbocycles. The molecule has 3 heterocycles. The molecule has 0 atom stereocenters. The van der Waals surface area contributed by atoms with Crippen molar-refractivity contribution in [3.63, 3.8) is 0 Å². The summed E-state index contributed by atoms with van der Waals surface area (Å²) >= 11 is 0. The predicted octanol–water partition coefficient (Wildman–Crippen LogP) is 4.44. The summed E-state index contributed by atoms with van der Waals surface area (Å²) in [5, 5.41) is 12.7. The average molecular weight is 508 g/mol. The number of pyridine rings is 1. The number of rotatable bonds is 8. The SMILES string of the molecule is Cc1nc2c(OCc3c(F)cccc3F)cccn2c1C(=O)Cc1c(C(F)(F)F)nn(CCO)c1C. The standard InChI is InChI=1S/C24H21F5N4O3/c1-13-21(19(35)11-15-14(2)33(9-10-34)31-22(15)24(27,28)29)32-8-4-7-20(23(32)30-13)36-12-16-17(25)5-3-6-18(16)26/h3-8,34H,9-12H2,1-2H3. The molecule has 0 radical (unpaired) electrons. The predicted molar refractivity (Wildman–Crippen MR) is 118 cm³/mol. The Morgan fingerprint density at radius 3 is 2.42 bits per heavy atom. The van der Waals surface area contributed by atoms with Crippen molar-refractivity contribution in [2.75, 3.05) is 6.61 Å². The van der Waals surface area contributed by atoms with Gasteiger partial charge in [-0.15, -0.1) is 0 Å². The van der Waals surface area contributed by atoms with E-state index in [1.807, 2.05) is 0 Å². The second-order valence-corrected chi connectivity index (χ2v) is 8.06. The van der Waals surface area contributed by atoms with Crippen LogP contribution in [-0.4, -0.2) is 36.7 Å². The number of carbonyl (C=O) groups is 1. The maximum atomic E-state index is 14.0. The molecular formula is C24H21F5N4O3. The van der Waals surface area contributed by atoms with E-state index in [-0.39, 0.29) is 46.2 Å². The molecule has 0 spiro atoms. The Morgan fingerprint density at radius 1 is 1.08 bits per heavy atom. The van der Waals surface area contributed by atoms with Crippen LogP contribution in [0.1, 0.15) is 38.7 Å². The lowest BCUT2D eigenvalue weighted by Crippen LogP contribution is -2.14. The fraction of sp³-hybridized carbons (Fsp3) is 0.292. The van der Waals surface area contributed by atoms with Gasteiger partial charge in [0.05, 0.1) is 24.4 Å². The first kappa shape index (κ1) is 25.3. The molecule has 190 valence electrons. The van der Waals surface area contributed by atoms with Crippen molar-refractivity contribution < 1.29 is 36.6 Å². The van der Waals surface area contributed by atoms with Gasteiger partial charge in [-0.05, 0) is 38.1 Å². The molecule has 0 fully saturated rings. The topological polar surface area (TPSA) is 81.7 Å². The number of alkyl halides is 3. The van der Waals surface area contributed by atoms with Gasteiger partial charge in [0.1, 0.15) is 23.9 Å². The molecule has 0 unspecified atom stereocenters. The van der Waals surface area contributed by atoms with Crippen molar-refractivity contribution in [1.29, 1.82) is 0 Å². The number of aryl methyl sites for hydroxylation is 1. The molecule has 1 N–H and O–H groups in total. The van der Waals surface area contributed by atoms with E-state index in [9.17, 15) is 26.7 Å². The molecule has 0 aliphatic rings. The molecule has 0 saturated heterocycles. The Hall–Kier alpha value is -3.80. The third kappa shape index (κ3) is 4.68. The van der Waals surface area contributed by atoms with E-state index in [2.05, 4.69) is 10.1 Å². The van der Waals surface area contributed by atoms with E-state index >= 15 is 0 Å². The Balaban J connectivity index is 1.68. The molecule has 0 saturated carbocycles. The van der Waals surface area contributed by atoms with Crippen molar-refractivity contribution in [1.82, 2.24) is 19.2 Å². The second-order valence-electron chi connectivity index (χ2n) is 8.06. The number of Topliss-reactive ketones (excluding diaryl/α,β-unsaturated/α-hetero) is 1. The number of nitrogens with zero attached hydrogens (tertiary/aromatic N) is 4. The highest BCUT2D eigenvalue weighted by Crippen LogP contribution is 2.34. The minimum absolute atomic E-state index is 0.0370. The molecule has 4 aromatic rings. The Bertz CT molecular complexity index is 1420. The number of aliphatic hydroxyl groups is 1. The quantitative estimate of drug-likeness (QED) is 0.281. The van der Waals surface area contributed by atoms with Crippen LogP contribution in [0.3, 0.4) is 0 Å². The van der Waals surface area contributed by atoms with Crippen molar-refractivity contribution in [2.45, 2.75) is 39.6 Å². The highest BCUT2D eigenvalue weighted by atomic mass is 19.4. The number of aliphatic hydroxyl groups excluding tert-OH is 1. The summed E-state index contributed by atoms with van der Waals surface area (Å²) in [7, 11) is 0. The van der Waals surface area contributed by atoms with Crippen molar-refractivity contribution in [2.24, 2.45) is 0 Å². The van der Waals surface area contributed by atoms with Gasteiger partial charge in [0.15, 0.2) is 22.9 Å². The lowest BCUT2D eigenvalue weighted by atomic mass is 10.0. The minimum Gasteiger partial charge on any atom is -0.485 e. The molecule has 0 aliphatic carbocycles. The number of benzene rings is 1. The van der Waals surface area contributed by atoms with E-state index < -0.39 is 48.9 Å². The highest BCUT2D eigenvalue weighted by Gasteiger charge is 2.39. The van der Waals surface area contributed by atoms with Gasteiger partial charge >= 0.3 is 6.18 Å². The van der Waals surface area contributed by atoms with Gasteiger partial charge < -0.3 is 9.84 Å². The lowest BCUT2D eigenvalue weighted by Gasteiger charge is -2.10.